The van der Waals surface area contributed by atoms with E-state index in [1.165, 1.54) is 6.92 Å². The zero-order valence-corrected chi connectivity index (χ0v) is 9.75. The van der Waals surface area contributed by atoms with Gasteiger partial charge in [0, 0.05) is 13.3 Å². The molecule has 1 aliphatic rings. The molecule has 0 aromatic carbocycles. The fraction of sp³-hybridized carbons (Fsp3) is 0.750. The van der Waals surface area contributed by atoms with E-state index >= 15 is 0 Å². The third kappa shape index (κ3) is 2.81. The number of aliphatic hydroxyl groups is 1. The number of esters is 1. The van der Waals surface area contributed by atoms with Crippen molar-refractivity contribution in [3.63, 3.8) is 0 Å². The van der Waals surface area contributed by atoms with E-state index in [2.05, 4.69) is 6.58 Å². The molecule has 0 amide bonds. The number of rotatable bonds is 2. The topological polar surface area (TPSA) is 46.5 Å². The van der Waals surface area contributed by atoms with Crippen LogP contribution in [-0.4, -0.2) is 22.8 Å². The summed E-state index contributed by atoms with van der Waals surface area (Å²) in [7, 11) is 0. The molecule has 1 saturated carbocycles. The van der Waals surface area contributed by atoms with Crippen LogP contribution in [0.15, 0.2) is 12.2 Å². The second-order valence-corrected chi connectivity index (χ2v) is 4.68. The molecule has 86 valence electrons. The van der Waals surface area contributed by atoms with Gasteiger partial charge in [-0.1, -0.05) is 13.5 Å². The largest absolute Gasteiger partial charge is 0.462 e. The number of ether oxygens (including phenoxy) is 1. The minimum Gasteiger partial charge on any atom is -0.462 e. The Kier molecular flexibility index (Phi) is 3.55. The van der Waals surface area contributed by atoms with Crippen LogP contribution in [0.5, 0.6) is 0 Å². The summed E-state index contributed by atoms with van der Waals surface area (Å²) in [6, 6.07) is 0. The van der Waals surface area contributed by atoms with Gasteiger partial charge in [0.25, 0.3) is 0 Å². The van der Waals surface area contributed by atoms with Crippen molar-refractivity contribution in [1.29, 1.82) is 0 Å². The van der Waals surface area contributed by atoms with Crippen LogP contribution in [0.25, 0.3) is 0 Å². The molecule has 3 unspecified atom stereocenters. The van der Waals surface area contributed by atoms with Gasteiger partial charge in [0.1, 0.15) is 6.10 Å². The maximum atomic E-state index is 10.9. The van der Waals surface area contributed by atoms with E-state index in [4.69, 9.17) is 4.74 Å². The second kappa shape index (κ2) is 4.35. The summed E-state index contributed by atoms with van der Waals surface area (Å²) in [5, 5.41) is 10.3. The minimum atomic E-state index is -0.855. The molecule has 1 fully saturated rings. The van der Waals surface area contributed by atoms with Crippen LogP contribution in [0, 0.1) is 5.92 Å². The molecule has 0 spiro atoms. The Labute approximate surface area is 91.1 Å². The molecule has 1 N–H and O–H groups in total. The van der Waals surface area contributed by atoms with Crippen LogP contribution in [0.1, 0.15) is 40.0 Å². The van der Waals surface area contributed by atoms with Gasteiger partial charge < -0.3 is 9.84 Å². The molecule has 15 heavy (non-hydrogen) atoms. The van der Waals surface area contributed by atoms with Crippen molar-refractivity contribution in [2.75, 3.05) is 0 Å². The molecule has 0 aromatic heterocycles. The minimum absolute atomic E-state index is 0.182. The number of hydrogen-bond acceptors (Lipinski definition) is 3. The highest BCUT2D eigenvalue weighted by atomic mass is 16.5. The quantitative estimate of drug-likeness (QED) is 0.563. The SMILES string of the molecule is C=C(C)C1(O)CCC(C)C(OC(C)=O)C1. The van der Waals surface area contributed by atoms with Crippen molar-refractivity contribution in [3.8, 4) is 0 Å². The van der Waals surface area contributed by atoms with Gasteiger partial charge in [-0.25, -0.2) is 0 Å². The van der Waals surface area contributed by atoms with Gasteiger partial charge in [0.15, 0.2) is 0 Å². The lowest BCUT2D eigenvalue weighted by atomic mass is 9.74. The number of carbonyl (C=O) groups excluding carboxylic acids is 1. The Hall–Kier alpha value is -0.830. The van der Waals surface area contributed by atoms with Crippen LogP contribution in [-0.2, 0) is 9.53 Å². The molecule has 1 aliphatic carbocycles. The average Bonchev–Trinajstić information content (AvgIpc) is 2.10. The Morgan fingerprint density at radius 1 is 1.53 bits per heavy atom. The summed E-state index contributed by atoms with van der Waals surface area (Å²) >= 11 is 0. The van der Waals surface area contributed by atoms with Crippen molar-refractivity contribution < 1.29 is 14.6 Å². The van der Waals surface area contributed by atoms with E-state index in [1.807, 2.05) is 13.8 Å². The van der Waals surface area contributed by atoms with E-state index in [0.29, 0.717) is 18.8 Å². The summed E-state index contributed by atoms with van der Waals surface area (Å²) in [4.78, 5) is 10.9. The van der Waals surface area contributed by atoms with Crippen LogP contribution in [0.4, 0.5) is 0 Å². The molecule has 0 bridgehead atoms. The highest BCUT2D eigenvalue weighted by Gasteiger charge is 2.39. The zero-order chi connectivity index (χ0) is 11.6. The first kappa shape index (κ1) is 12.2. The van der Waals surface area contributed by atoms with Crippen LogP contribution >= 0.6 is 0 Å². The lowest BCUT2D eigenvalue weighted by Crippen LogP contribution is -2.43. The number of hydrogen-bond donors (Lipinski definition) is 1. The van der Waals surface area contributed by atoms with Gasteiger partial charge in [0.2, 0.25) is 0 Å². The molecule has 1 rings (SSSR count). The molecule has 0 aromatic rings. The first-order valence-electron chi connectivity index (χ1n) is 5.41. The van der Waals surface area contributed by atoms with Gasteiger partial charge in [-0.2, -0.15) is 0 Å². The maximum absolute atomic E-state index is 10.9. The molecule has 0 aliphatic heterocycles. The predicted octanol–water partition coefficient (Wildman–Crippen LogP) is 2.05. The summed E-state index contributed by atoms with van der Waals surface area (Å²) in [6.07, 6.45) is 1.86. The molecular weight excluding hydrogens is 192 g/mol. The van der Waals surface area contributed by atoms with Crippen LogP contribution in [0.3, 0.4) is 0 Å². The third-order valence-corrected chi connectivity index (χ3v) is 3.30. The van der Waals surface area contributed by atoms with Gasteiger partial charge >= 0.3 is 5.97 Å². The van der Waals surface area contributed by atoms with Crippen molar-refractivity contribution in [1.82, 2.24) is 0 Å². The van der Waals surface area contributed by atoms with Crippen LogP contribution < -0.4 is 0 Å². The monoisotopic (exact) mass is 212 g/mol. The third-order valence-electron chi connectivity index (χ3n) is 3.30. The average molecular weight is 212 g/mol. The summed E-state index contributed by atoms with van der Waals surface area (Å²) in [5.41, 5.74) is -0.0985. The molecule has 3 atom stereocenters. The molecule has 0 saturated heterocycles. The van der Waals surface area contributed by atoms with Gasteiger partial charge in [-0.3, -0.25) is 4.79 Å². The molecule has 3 heteroatoms. The van der Waals surface area contributed by atoms with Crippen molar-refractivity contribution in [2.45, 2.75) is 51.7 Å². The molecule has 0 heterocycles. The molecule has 0 radical (unpaired) electrons. The van der Waals surface area contributed by atoms with Crippen LogP contribution in [0.2, 0.25) is 0 Å². The fourth-order valence-corrected chi connectivity index (χ4v) is 2.05. The lowest BCUT2D eigenvalue weighted by Gasteiger charge is -2.40. The summed E-state index contributed by atoms with van der Waals surface area (Å²) < 4.78 is 5.21. The molecular formula is C12H20O3. The van der Waals surface area contributed by atoms with E-state index in [-0.39, 0.29) is 12.1 Å². The second-order valence-electron chi connectivity index (χ2n) is 4.68. The fourth-order valence-electron chi connectivity index (χ4n) is 2.05. The summed E-state index contributed by atoms with van der Waals surface area (Å²) in [6.45, 7) is 9.07. The lowest BCUT2D eigenvalue weighted by molar-refractivity contribution is -0.155. The highest BCUT2D eigenvalue weighted by molar-refractivity contribution is 5.66. The van der Waals surface area contributed by atoms with E-state index in [9.17, 15) is 9.90 Å². The predicted molar refractivity (Wildman–Crippen MR) is 58.3 cm³/mol. The maximum Gasteiger partial charge on any atom is 0.302 e. The Morgan fingerprint density at radius 3 is 2.60 bits per heavy atom. The van der Waals surface area contributed by atoms with Gasteiger partial charge in [-0.05, 0) is 31.3 Å². The van der Waals surface area contributed by atoms with Crippen molar-refractivity contribution in [3.05, 3.63) is 12.2 Å². The number of carbonyl (C=O) groups is 1. The Balaban J connectivity index is 2.71. The standard InChI is InChI=1S/C12H20O3/c1-8(2)12(14)6-5-9(3)11(7-12)15-10(4)13/h9,11,14H,1,5-7H2,2-4H3. The van der Waals surface area contributed by atoms with Crippen molar-refractivity contribution in [2.24, 2.45) is 5.92 Å². The van der Waals surface area contributed by atoms with Gasteiger partial charge in [0.05, 0.1) is 5.60 Å². The molecule has 3 nitrogen and oxygen atoms in total. The van der Waals surface area contributed by atoms with Crippen molar-refractivity contribution >= 4 is 5.97 Å². The first-order valence-corrected chi connectivity index (χ1v) is 5.41. The van der Waals surface area contributed by atoms with E-state index in [1.54, 1.807) is 0 Å². The van der Waals surface area contributed by atoms with E-state index in [0.717, 1.165) is 12.0 Å². The van der Waals surface area contributed by atoms with E-state index < -0.39 is 5.60 Å². The van der Waals surface area contributed by atoms with Gasteiger partial charge in [-0.15, -0.1) is 0 Å². The Morgan fingerprint density at radius 2 is 2.13 bits per heavy atom. The first-order chi connectivity index (χ1) is 6.85. The zero-order valence-electron chi connectivity index (χ0n) is 9.75. The summed E-state index contributed by atoms with van der Waals surface area (Å²) in [5.74, 6) is 0.0336. The smallest absolute Gasteiger partial charge is 0.302 e. The highest BCUT2D eigenvalue weighted by Crippen LogP contribution is 2.37. The normalized spacial score (nSPS) is 36.0. The Bertz CT molecular complexity index is 272.